The summed E-state index contributed by atoms with van der Waals surface area (Å²) in [5.41, 5.74) is 8.96. The van der Waals surface area contributed by atoms with Gasteiger partial charge in [-0.3, -0.25) is 4.79 Å². The summed E-state index contributed by atoms with van der Waals surface area (Å²) in [5.74, 6) is -2.76. The lowest BCUT2D eigenvalue weighted by Crippen LogP contribution is -2.30. The van der Waals surface area contributed by atoms with Crippen LogP contribution in [-0.4, -0.2) is 28.2 Å². The molecule has 1 unspecified atom stereocenters. The monoisotopic (exact) mass is 486 g/mol. The SMILES string of the molecule is C=C(N)/C(F)=C\N=C(N)n1cc(C(=O)NCC(CCC)c2ccc(Cl)cc2)c(C(F)(F)F)n1. The van der Waals surface area contributed by atoms with E-state index in [2.05, 4.69) is 22.0 Å². The summed E-state index contributed by atoms with van der Waals surface area (Å²) in [4.78, 5) is 16.1. The molecule has 1 atom stereocenters. The molecule has 0 bridgehead atoms. The summed E-state index contributed by atoms with van der Waals surface area (Å²) in [6.45, 7) is 5.19. The van der Waals surface area contributed by atoms with Crippen LogP contribution in [-0.2, 0) is 6.18 Å². The third kappa shape index (κ3) is 7.07. The van der Waals surface area contributed by atoms with Crippen LogP contribution in [0.5, 0.6) is 0 Å². The Balaban J connectivity index is 2.29. The molecule has 0 aliphatic heterocycles. The van der Waals surface area contributed by atoms with E-state index in [9.17, 15) is 22.4 Å². The normalized spacial score (nSPS) is 13.6. The lowest BCUT2D eigenvalue weighted by atomic mass is 9.94. The van der Waals surface area contributed by atoms with Gasteiger partial charge in [0.25, 0.3) is 5.91 Å². The number of nitrogens with two attached hydrogens (primary N) is 2. The molecule has 178 valence electrons. The first-order chi connectivity index (χ1) is 15.4. The van der Waals surface area contributed by atoms with Crippen LogP contribution in [0.4, 0.5) is 17.6 Å². The molecule has 33 heavy (non-hydrogen) atoms. The number of nitrogens with one attached hydrogen (secondary N) is 1. The van der Waals surface area contributed by atoms with E-state index < -0.39 is 40.8 Å². The molecule has 12 heteroatoms. The van der Waals surface area contributed by atoms with Crippen LogP contribution in [0.3, 0.4) is 0 Å². The van der Waals surface area contributed by atoms with Gasteiger partial charge in [-0.2, -0.15) is 18.3 Å². The first kappa shape index (κ1) is 25.9. The molecule has 0 aliphatic rings. The third-order valence-electron chi connectivity index (χ3n) is 4.57. The van der Waals surface area contributed by atoms with Crippen LogP contribution in [0.1, 0.15) is 47.3 Å². The number of benzene rings is 1. The van der Waals surface area contributed by atoms with Crippen molar-refractivity contribution in [2.75, 3.05) is 6.54 Å². The largest absolute Gasteiger partial charge is 0.435 e. The zero-order valence-corrected chi connectivity index (χ0v) is 18.4. The number of carbonyl (C=O) groups is 1. The topological polar surface area (TPSA) is 111 Å². The van der Waals surface area contributed by atoms with Crippen LogP contribution < -0.4 is 16.8 Å². The average molecular weight is 487 g/mol. The molecule has 2 aromatic rings. The fourth-order valence-electron chi connectivity index (χ4n) is 2.91. The van der Waals surface area contributed by atoms with Gasteiger partial charge in [-0.05, 0) is 24.1 Å². The number of hydrogen-bond donors (Lipinski definition) is 3. The van der Waals surface area contributed by atoms with Crippen LogP contribution in [0.2, 0.25) is 5.02 Å². The van der Waals surface area contributed by atoms with E-state index in [1.54, 1.807) is 24.3 Å². The van der Waals surface area contributed by atoms with Gasteiger partial charge in [-0.25, -0.2) is 14.1 Å². The number of carbonyl (C=O) groups excluding carboxylic acids is 1. The van der Waals surface area contributed by atoms with Crippen molar-refractivity contribution in [1.29, 1.82) is 0 Å². The third-order valence-corrected chi connectivity index (χ3v) is 4.82. The maximum Gasteiger partial charge on any atom is 0.435 e. The number of alkyl halides is 3. The Bertz CT molecular complexity index is 1060. The molecular weight excluding hydrogens is 464 g/mol. The number of halogens is 5. The van der Waals surface area contributed by atoms with E-state index in [1.807, 2.05) is 6.92 Å². The molecule has 1 amide bonds. The first-order valence-electron chi connectivity index (χ1n) is 9.78. The second-order valence-corrected chi connectivity index (χ2v) is 7.51. The van der Waals surface area contributed by atoms with Crippen molar-refractivity contribution in [3.63, 3.8) is 0 Å². The summed E-state index contributed by atoms with van der Waals surface area (Å²) in [7, 11) is 0. The van der Waals surface area contributed by atoms with Gasteiger partial charge in [0.05, 0.1) is 17.5 Å². The molecular formula is C21H23ClF4N6O. The van der Waals surface area contributed by atoms with E-state index >= 15 is 0 Å². The molecule has 5 N–H and O–H groups in total. The van der Waals surface area contributed by atoms with Gasteiger partial charge in [-0.1, -0.05) is 43.7 Å². The molecule has 0 radical (unpaired) electrons. The number of aliphatic imine (C=N–C) groups is 1. The second-order valence-electron chi connectivity index (χ2n) is 7.07. The lowest BCUT2D eigenvalue weighted by molar-refractivity contribution is -0.141. The van der Waals surface area contributed by atoms with E-state index in [1.165, 1.54) is 0 Å². The number of allylic oxidation sites excluding steroid dienone is 1. The van der Waals surface area contributed by atoms with Crippen molar-refractivity contribution >= 4 is 23.5 Å². The lowest BCUT2D eigenvalue weighted by Gasteiger charge is -2.17. The summed E-state index contributed by atoms with van der Waals surface area (Å²) < 4.78 is 54.4. The van der Waals surface area contributed by atoms with Crippen molar-refractivity contribution in [1.82, 2.24) is 15.1 Å². The molecule has 0 spiro atoms. The number of rotatable bonds is 8. The van der Waals surface area contributed by atoms with Gasteiger partial charge in [0.15, 0.2) is 11.5 Å². The summed E-state index contributed by atoms with van der Waals surface area (Å²) in [6.07, 6.45) is -2.10. The van der Waals surface area contributed by atoms with Gasteiger partial charge in [0.2, 0.25) is 5.96 Å². The molecule has 0 saturated heterocycles. The minimum absolute atomic E-state index is 0.0902. The van der Waals surface area contributed by atoms with Gasteiger partial charge in [-0.15, -0.1) is 0 Å². The predicted molar refractivity (Wildman–Crippen MR) is 118 cm³/mol. The van der Waals surface area contributed by atoms with Gasteiger partial charge in [0, 0.05) is 23.7 Å². The second kappa shape index (κ2) is 11.0. The number of hydrogen-bond acceptors (Lipinski definition) is 4. The van der Waals surface area contributed by atoms with Gasteiger partial charge < -0.3 is 16.8 Å². The highest BCUT2D eigenvalue weighted by atomic mass is 35.5. The fraction of sp³-hybridized carbons (Fsp3) is 0.286. The highest BCUT2D eigenvalue weighted by Crippen LogP contribution is 2.31. The van der Waals surface area contributed by atoms with Gasteiger partial charge in [0.1, 0.15) is 0 Å². The fourth-order valence-corrected chi connectivity index (χ4v) is 3.04. The first-order valence-corrected chi connectivity index (χ1v) is 10.2. The van der Waals surface area contributed by atoms with E-state index in [4.69, 9.17) is 23.1 Å². The maximum atomic E-state index is 13.5. The van der Waals surface area contributed by atoms with Gasteiger partial charge >= 0.3 is 6.18 Å². The van der Waals surface area contributed by atoms with Crippen LogP contribution >= 0.6 is 11.6 Å². The average Bonchev–Trinajstić information content (AvgIpc) is 3.21. The number of nitrogens with zero attached hydrogens (tertiary/aromatic N) is 3. The van der Waals surface area contributed by atoms with Crippen molar-refractivity contribution in [3.05, 3.63) is 76.6 Å². The Kier molecular flexibility index (Phi) is 8.63. The van der Waals surface area contributed by atoms with E-state index in [-0.39, 0.29) is 12.5 Å². The maximum absolute atomic E-state index is 13.5. The van der Waals surface area contributed by atoms with Crippen LogP contribution in [0, 0.1) is 0 Å². The molecule has 7 nitrogen and oxygen atoms in total. The Morgan fingerprint density at radius 2 is 1.97 bits per heavy atom. The van der Waals surface area contributed by atoms with Crippen LogP contribution in [0.25, 0.3) is 0 Å². The highest BCUT2D eigenvalue weighted by molar-refractivity contribution is 6.30. The van der Waals surface area contributed by atoms with Crippen molar-refractivity contribution < 1.29 is 22.4 Å². The molecule has 1 aromatic carbocycles. The molecule has 1 aromatic heterocycles. The molecule has 0 fully saturated rings. The Hall–Kier alpha value is -3.34. The molecule has 1 heterocycles. The zero-order chi connectivity index (χ0) is 24.8. The quantitative estimate of drug-likeness (QED) is 0.223. The zero-order valence-electron chi connectivity index (χ0n) is 17.7. The molecule has 2 rings (SSSR count). The van der Waals surface area contributed by atoms with E-state index in [0.717, 1.165) is 18.2 Å². The summed E-state index contributed by atoms with van der Waals surface area (Å²) >= 11 is 5.90. The summed E-state index contributed by atoms with van der Waals surface area (Å²) in [5, 5.41) is 6.38. The standard InChI is InChI=1S/C21H23ClF4N6O/c1-3-4-14(13-5-7-15(22)8-6-13)9-29-19(33)16-11-32(31-18(16)21(24,25)26)20(28)30-10-17(23)12(2)27/h5-8,10-11,14H,2-4,9,27H2,1H3,(H2,28,30)(H,29,33)/b17-10+. The Morgan fingerprint density at radius 3 is 2.52 bits per heavy atom. The number of amides is 1. The van der Waals surface area contributed by atoms with E-state index in [0.29, 0.717) is 22.3 Å². The molecule has 0 saturated carbocycles. The minimum Gasteiger partial charge on any atom is -0.397 e. The Morgan fingerprint density at radius 1 is 1.33 bits per heavy atom. The smallest absolute Gasteiger partial charge is 0.397 e. The summed E-state index contributed by atoms with van der Waals surface area (Å²) in [6, 6.07) is 7.00. The van der Waals surface area contributed by atoms with Crippen LogP contribution in [0.15, 0.2) is 59.8 Å². The Labute approximate surface area is 192 Å². The highest BCUT2D eigenvalue weighted by Gasteiger charge is 2.39. The van der Waals surface area contributed by atoms with Crippen molar-refractivity contribution in [2.24, 2.45) is 16.5 Å². The molecule has 0 aliphatic carbocycles. The minimum atomic E-state index is -4.94. The predicted octanol–water partition coefficient (Wildman–Crippen LogP) is 4.32. The van der Waals surface area contributed by atoms with Crippen molar-refractivity contribution in [2.45, 2.75) is 31.9 Å². The van der Waals surface area contributed by atoms with Crippen molar-refractivity contribution in [3.8, 4) is 0 Å². The number of aromatic nitrogens is 2.